The maximum atomic E-state index is 13.1. The third kappa shape index (κ3) is 7.70. The number of anilines is 2. The van der Waals surface area contributed by atoms with Crippen molar-refractivity contribution < 1.29 is 4.39 Å². The van der Waals surface area contributed by atoms with Crippen LogP contribution in [0.2, 0.25) is 0 Å². The van der Waals surface area contributed by atoms with Gasteiger partial charge in [-0.15, -0.1) is 0 Å². The van der Waals surface area contributed by atoms with Gasteiger partial charge in [-0.2, -0.15) is 0 Å². The quantitative estimate of drug-likeness (QED) is 0.464. The zero-order valence-corrected chi connectivity index (χ0v) is 12.1. The van der Waals surface area contributed by atoms with Crippen molar-refractivity contribution in [3.05, 3.63) is 24.0 Å². The number of unbranched alkanes of at least 4 members (excludes halogenated alkanes) is 7. The summed E-state index contributed by atoms with van der Waals surface area (Å²) in [6.07, 6.45) is 10.4. The number of halogens is 1. The normalized spacial score (nSPS) is 10.6. The Balaban J connectivity index is 2.01. The monoisotopic (exact) mass is 266 g/mol. The first-order valence-electron chi connectivity index (χ1n) is 7.52. The zero-order chi connectivity index (χ0) is 13.9. The highest BCUT2D eigenvalue weighted by molar-refractivity contribution is 5.54. The minimum atomic E-state index is -0.279. The van der Waals surface area contributed by atoms with E-state index in [-0.39, 0.29) is 5.82 Å². The molecule has 0 fully saturated rings. The van der Waals surface area contributed by atoms with E-state index in [1.807, 2.05) is 0 Å². The number of benzene rings is 1. The molecule has 108 valence electrons. The molecule has 0 heterocycles. The van der Waals surface area contributed by atoms with Gasteiger partial charge in [-0.05, 0) is 24.6 Å². The molecular weight excluding hydrogens is 239 g/mol. The van der Waals surface area contributed by atoms with E-state index in [0.29, 0.717) is 5.69 Å². The number of nitrogens with one attached hydrogen (secondary N) is 1. The van der Waals surface area contributed by atoms with Crippen molar-refractivity contribution in [2.75, 3.05) is 17.6 Å². The second-order valence-electron chi connectivity index (χ2n) is 5.17. The summed E-state index contributed by atoms with van der Waals surface area (Å²) in [6.45, 7) is 3.13. The molecule has 0 amide bonds. The van der Waals surface area contributed by atoms with E-state index >= 15 is 0 Å². The van der Waals surface area contributed by atoms with E-state index in [9.17, 15) is 4.39 Å². The molecule has 0 aliphatic rings. The van der Waals surface area contributed by atoms with Gasteiger partial charge < -0.3 is 11.1 Å². The first-order chi connectivity index (χ1) is 9.22. The summed E-state index contributed by atoms with van der Waals surface area (Å²) in [5.74, 6) is -0.279. The van der Waals surface area contributed by atoms with Gasteiger partial charge in [0.05, 0.1) is 0 Å². The third-order valence-electron chi connectivity index (χ3n) is 3.28. The number of nitrogen functional groups attached to an aromatic ring is 1. The van der Waals surface area contributed by atoms with E-state index in [4.69, 9.17) is 5.73 Å². The molecule has 1 aromatic rings. The molecule has 2 nitrogen and oxygen atoms in total. The maximum absolute atomic E-state index is 13.1. The summed E-state index contributed by atoms with van der Waals surface area (Å²) in [5.41, 5.74) is 6.84. The Kier molecular flexibility index (Phi) is 8.03. The molecule has 0 unspecified atom stereocenters. The largest absolute Gasteiger partial charge is 0.399 e. The summed E-state index contributed by atoms with van der Waals surface area (Å²) in [7, 11) is 0. The van der Waals surface area contributed by atoms with Gasteiger partial charge in [-0.25, -0.2) is 4.39 Å². The molecule has 0 saturated heterocycles. The maximum Gasteiger partial charge on any atom is 0.127 e. The number of hydrogen-bond acceptors (Lipinski definition) is 2. The molecule has 19 heavy (non-hydrogen) atoms. The Labute approximate surface area is 116 Å². The molecule has 0 aromatic heterocycles. The van der Waals surface area contributed by atoms with Crippen LogP contribution in [0.5, 0.6) is 0 Å². The Bertz CT molecular complexity index is 332. The molecule has 3 heteroatoms. The molecule has 1 aromatic carbocycles. The lowest BCUT2D eigenvalue weighted by molar-refractivity contribution is 0.581. The van der Waals surface area contributed by atoms with Gasteiger partial charge in [0.1, 0.15) is 5.82 Å². The van der Waals surface area contributed by atoms with Gasteiger partial charge in [0.2, 0.25) is 0 Å². The summed E-state index contributed by atoms with van der Waals surface area (Å²) < 4.78 is 13.1. The van der Waals surface area contributed by atoms with Crippen LogP contribution in [0.1, 0.15) is 58.3 Å². The Morgan fingerprint density at radius 1 is 0.947 bits per heavy atom. The SMILES string of the molecule is CCCCCCCCCCNc1cc(N)cc(F)c1. The highest BCUT2D eigenvalue weighted by Gasteiger charge is 1.98. The predicted octanol–water partition coefficient (Wildman–Crippen LogP) is 4.96. The van der Waals surface area contributed by atoms with Crippen LogP contribution in [-0.2, 0) is 0 Å². The molecule has 0 atom stereocenters. The van der Waals surface area contributed by atoms with Crippen LogP contribution >= 0.6 is 0 Å². The molecule has 0 saturated carbocycles. The highest BCUT2D eigenvalue weighted by Crippen LogP contribution is 2.15. The van der Waals surface area contributed by atoms with Crippen molar-refractivity contribution in [1.29, 1.82) is 0 Å². The fourth-order valence-corrected chi connectivity index (χ4v) is 2.21. The van der Waals surface area contributed by atoms with Crippen molar-refractivity contribution in [2.45, 2.75) is 58.3 Å². The van der Waals surface area contributed by atoms with Gasteiger partial charge in [-0.1, -0.05) is 51.9 Å². The third-order valence-corrected chi connectivity index (χ3v) is 3.28. The average Bonchev–Trinajstić information content (AvgIpc) is 2.36. The van der Waals surface area contributed by atoms with Crippen molar-refractivity contribution in [3.63, 3.8) is 0 Å². The molecule has 0 aliphatic carbocycles. The lowest BCUT2D eigenvalue weighted by Crippen LogP contribution is -2.02. The summed E-state index contributed by atoms with van der Waals surface area (Å²) in [6, 6.07) is 4.59. The lowest BCUT2D eigenvalue weighted by atomic mass is 10.1. The van der Waals surface area contributed by atoms with E-state index < -0.39 is 0 Å². The fraction of sp³-hybridized carbons (Fsp3) is 0.625. The van der Waals surface area contributed by atoms with Crippen molar-refractivity contribution in [3.8, 4) is 0 Å². The van der Waals surface area contributed by atoms with Crippen LogP contribution in [0.15, 0.2) is 18.2 Å². The molecular formula is C16H27FN2. The van der Waals surface area contributed by atoms with Crippen LogP contribution < -0.4 is 11.1 Å². The van der Waals surface area contributed by atoms with Gasteiger partial charge in [0.25, 0.3) is 0 Å². The van der Waals surface area contributed by atoms with Crippen LogP contribution in [0.3, 0.4) is 0 Å². The van der Waals surface area contributed by atoms with Crippen LogP contribution in [0.4, 0.5) is 15.8 Å². The summed E-state index contributed by atoms with van der Waals surface area (Å²) in [5, 5.41) is 3.22. The van der Waals surface area contributed by atoms with Crippen molar-refractivity contribution >= 4 is 11.4 Å². The second kappa shape index (κ2) is 9.65. The van der Waals surface area contributed by atoms with Gasteiger partial charge >= 0.3 is 0 Å². The fourth-order valence-electron chi connectivity index (χ4n) is 2.21. The smallest absolute Gasteiger partial charge is 0.127 e. The molecule has 0 bridgehead atoms. The van der Waals surface area contributed by atoms with Gasteiger partial charge in [0.15, 0.2) is 0 Å². The Morgan fingerprint density at radius 3 is 2.21 bits per heavy atom. The average molecular weight is 266 g/mol. The molecule has 0 aliphatic heterocycles. The number of hydrogen-bond donors (Lipinski definition) is 2. The second-order valence-corrected chi connectivity index (χ2v) is 5.17. The zero-order valence-electron chi connectivity index (χ0n) is 12.1. The molecule has 0 spiro atoms. The standard InChI is InChI=1S/C16H27FN2/c1-2-3-4-5-6-7-8-9-10-19-16-12-14(17)11-15(18)13-16/h11-13,19H,2-10,18H2,1H3. The van der Waals surface area contributed by atoms with E-state index in [2.05, 4.69) is 12.2 Å². The highest BCUT2D eigenvalue weighted by atomic mass is 19.1. The van der Waals surface area contributed by atoms with Gasteiger partial charge in [0, 0.05) is 17.9 Å². The van der Waals surface area contributed by atoms with Crippen LogP contribution in [0.25, 0.3) is 0 Å². The van der Waals surface area contributed by atoms with Crippen LogP contribution in [-0.4, -0.2) is 6.54 Å². The minimum absolute atomic E-state index is 0.279. The molecule has 0 radical (unpaired) electrons. The lowest BCUT2D eigenvalue weighted by Gasteiger charge is -2.07. The summed E-state index contributed by atoms with van der Waals surface area (Å²) in [4.78, 5) is 0. The number of rotatable bonds is 10. The van der Waals surface area contributed by atoms with E-state index in [1.165, 1.54) is 57.1 Å². The first kappa shape index (κ1) is 15.8. The van der Waals surface area contributed by atoms with Crippen LogP contribution in [0, 0.1) is 5.82 Å². The number of nitrogens with two attached hydrogens (primary N) is 1. The Hall–Kier alpha value is -1.25. The predicted molar refractivity (Wildman–Crippen MR) is 81.9 cm³/mol. The Morgan fingerprint density at radius 2 is 1.58 bits per heavy atom. The van der Waals surface area contributed by atoms with E-state index in [0.717, 1.165) is 18.7 Å². The van der Waals surface area contributed by atoms with Gasteiger partial charge in [-0.3, -0.25) is 0 Å². The van der Waals surface area contributed by atoms with Crippen molar-refractivity contribution in [1.82, 2.24) is 0 Å². The topological polar surface area (TPSA) is 38.0 Å². The van der Waals surface area contributed by atoms with Crippen molar-refractivity contribution in [2.24, 2.45) is 0 Å². The van der Waals surface area contributed by atoms with E-state index in [1.54, 1.807) is 6.07 Å². The molecule has 1 rings (SSSR count). The minimum Gasteiger partial charge on any atom is -0.399 e. The molecule has 3 N–H and O–H groups in total. The summed E-state index contributed by atoms with van der Waals surface area (Å²) >= 11 is 0. The first-order valence-corrected chi connectivity index (χ1v) is 7.52.